The number of phenols is 2. The van der Waals surface area contributed by atoms with E-state index in [4.69, 9.17) is 28.7 Å². The number of rotatable bonds is 10. The van der Waals surface area contributed by atoms with Crippen LogP contribution in [0.2, 0.25) is 0 Å². The molecule has 5 heterocycles. The van der Waals surface area contributed by atoms with Crippen molar-refractivity contribution in [1.29, 1.82) is 0 Å². The fourth-order valence-electron chi connectivity index (χ4n) is 9.97. The maximum absolute atomic E-state index is 14.9. The maximum Gasteiger partial charge on any atom is 0.315 e. The van der Waals surface area contributed by atoms with E-state index in [1.807, 2.05) is 0 Å². The Morgan fingerprint density at radius 2 is 1.65 bits per heavy atom. The lowest BCUT2D eigenvalue weighted by atomic mass is 9.78. The number of piperidine rings is 1. The number of ketones is 1. The van der Waals surface area contributed by atoms with Crippen molar-refractivity contribution < 1.29 is 68.1 Å². The number of aromatic hydroxyl groups is 2. The number of methoxy groups -OCH3 is 1. The van der Waals surface area contributed by atoms with E-state index in [2.05, 4.69) is 34.4 Å². The molecule has 19 heteroatoms. The normalized spacial score (nSPS) is 29.5. The molecule has 388 valence electrons. The molecule has 0 unspecified atom stereocenters. The number of nitrogens with one attached hydrogen (secondary N) is 2. The van der Waals surface area contributed by atoms with Gasteiger partial charge in [0.2, 0.25) is 5.91 Å². The second-order valence-corrected chi connectivity index (χ2v) is 19.9. The van der Waals surface area contributed by atoms with Gasteiger partial charge >= 0.3 is 17.7 Å². The molecule has 6 N–H and O–H groups in total. The van der Waals surface area contributed by atoms with Crippen LogP contribution in [0.15, 0.2) is 46.1 Å². The summed E-state index contributed by atoms with van der Waals surface area (Å²) in [6.45, 7) is 19.5. The van der Waals surface area contributed by atoms with Gasteiger partial charge in [-0.2, -0.15) is 0 Å². The minimum Gasteiger partial charge on any atom is -0.507 e. The molecule has 9 atom stereocenters. The highest BCUT2D eigenvalue weighted by atomic mass is 16.7. The molecule has 0 aliphatic carbocycles. The molecule has 5 bridgehead atoms. The molecule has 2 amide bonds. The summed E-state index contributed by atoms with van der Waals surface area (Å²) in [6.07, 6.45) is 3.23. The molecule has 1 spiro atoms. The molecule has 71 heavy (non-hydrogen) atoms. The van der Waals surface area contributed by atoms with Crippen LogP contribution >= 0.6 is 0 Å². The highest BCUT2D eigenvalue weighted by Crippen LogP contribution is 2.51. The first kappa shape index (κ1) is 54.4. The molecular weight excluding hydrogens is 919 g/mol. The number of hydrogen-bond acceptors (Lipinski definition) is 17. The van der Waals surface area contributed by atoms with E-state index in [0.717, 1.165) is 6.54 Å². The highest BCUT2D eigenvalue weighted by molar-refractivity contribution is 6.21. The van der Waals surface area contributed by atoms with E-state index in [0.29, 0.717) is 31.8 Å². The second kappa shape index (κ2) is 22.3. The van der Waals surface area contributed by atoms with E-state index >= 15 is 0 Å². The van der Waals surface area contributed by atoms with Crippen LogP contribution in [0.1, 0.15) is 104 Å². The van der Waals surface area contributed by atoms with Crippen molar-refractivity contribution in [3.8, 4) is 17.2 Å². The van der Waals surface area contributed by atoms with Crippen molar-refractivity contribution in [2.75, 3.05) is 45.2 Å². The first-order valence-corrected chi connectivity index (χ1v) is 24.5. The van der Waals surface area contributed by atoms with Crippen LogP contribution in [0.3, 0.4) is 0 Å². The van der Waals surface area contributed by atoms with Gasteiger partial charge in [0.05, 0.1) is 54.2 Å². The third kappa shape index (κ3) is 11.4. The summed E-state index contributed by atoms with van der Waals surface area (Å²) in [4.78, 5) is 78.8. The van der Waals surface area contributed by atoms with Gasteiger partial charge in [-0.15, -0.1) is 0 Å². The Kier molecular flexibility index (Phi) is 17.1. The lowest BCUT2D eigenvalue weighted by Gasteiger charge is -2.38. The fraction of sp³-hybridized carbons (Fsp3) is 0.596. The van der Waals surface area contributed by atoms with E-state index < -0.39 is 107 Å². The Labute approximate surface area is 414 Å². The Balaban J connectivity index is 1.44. The molecule has 0 aromatic heterocycles. The molecule has 19 nitrogen and oxygen atoms in total. The predicted molar refractivity (Wildman–Crippen MR) is 261 cm³/mol. The van der Waals surface area contributed by atoms with Crippen molar-refractivity contribution in [2.45, 2.75) is 131 Å². The van der Waals surface area contributed by atoms with E-state index in [1.54, 1.807) is 46.8 Å². The van der Waals surface area contributed by atoms with Crippen LogP contribution in [-0.2, 0) is 38.1 Å². The number of hydrogen-bond donors (Lipinski definition) is 6. The number of fused-ring (bicyclic) bond motifs is 13. The number of benzene rings is 2. The smallest absolute Gasteiger partial charge is 0.315 e. The zero-order valence-corrected chi connectivity index (χ0v) is 42.7. The molecule has 5 aliphatic rings. The van der Waals surface area contributed by atoms with Crippen molar-refractivity contribution in [3.05, 3.63) is 58.0 Å². The molecule has 0 radical (unpaired) electrons. The Morgan fingerprint density at radius 1 is 0.958 bits per heavy atom. The number of aliphatic hydroxyl groups excluding tert-OH is 2. The number of phenolic OH excluding ortho intramolecular Hbond substituents is 2. The average Bonchev–Trinajstić information content (AvgIpc) is 3.82. The molecule has 0 saturated carbocycles. The molecule has 2 aromatic carbocycles. The van der Waals surface area contributed by atoms with Gasteiger partial charge in [0, 0.05) is 93.2 Å². The number of anilines is 1. The number of esters is 2. The number of aliphatic hydroxyl groups is 2. The van der Waals surface area contributed by atoms with Gasteiger partial charge in [-0.1, -0.05) is 59.8 Å². The van der Waals surface area contributed by atoms with E-state index in [1.165, 1.54) is 46.3 Å². The standard InChI is InChI=1S/C52H71N5O14/c1-12-68-35(59)16-20-53-34(58)24-36(60)70-47-29(6)33(67-11)17-23-69-51(10)49(65)39-37-38(45(63)32(9)48(39)71-51)46(64)42(41-40(37)55-52(56-41)18-21-57(22-19-52)25-26(2)3)54-50(66)28(5)15-13-14-27(4)43(61)30(7)44(62)31(47)8/h13-15,17,23,26-27,29-31,33,43-44,47,55,61-64H,12,16,18-22,24-25H2,1-11H3,(H,53,58)/b14-13+,23-17+,28-15-,54-42?/t27-,29+,30+,31+,33-,43-,44+,47+,51-/m0/s1. The van der Waals surface area contributed by atoms with Gasteiger partial charge < -0.3 is 59.6 Å². The summed E-state index contributed by atoms with van der Waals surface area (Å²) >= 11 is 0. The van der Waals surface area contributed by atoms with Crippen molar-refractivity contribution in [2.24, 2.45) is 39.6 Å². The topological polar surface area (TPSA) is 264 Å². The minimum atomic E-state index is -2.04. The number of amides is 2. The summed E-state index contributed by atoms with van der Waals surface area (Å²) in [7, 11) is 1.40. The number of allylic oxidation sites excluding steroid dienone is 2. The predicted octanol–water partition coefficient (Wildman–Crippen LogP) is 4.19. The average molecular weight is 990 g/mol. The number of carbonyl (C=O) groups excluding carboxylic acids is 5. The lowest BCUT2D eigenvalue weighted by Crippen LogP contribution is -2.47. The van der Waals surface area contributed by atoms with Crippen molar-refractivity contribution in [1.82, 2.24) is 10.2 Å². The molecule has 2 aromatic rings. The second-order valence-electron chi connectivity index (χ2n) is 19.9. The van der Waals surface area contributed by atoms with Gasteiger partial charge in [0.25, 0.3) is 11.7 Å². The Hall–Kier alpha value is -5.89. The van der Waals surface area contributed by atoms with Crippen LogP contribution in [0.5, 0.6) is 17.2 Å². The van der Waals surface area contributed by atoms with Crippen LogP contribution < -0.4 is 26.1 Å². The van der Waals surface area contributed by atoms with Gasteiger partial charge in [-0.05, 0) is 32.8 Å². The van der Waals surface area contributed by atoms with E-state index in [-0.39, 0.29) is 69.2 Å². The quantitative estimate of drug-likeness (QED) is 0.111. The van der Waals surface area contributed by atoms with Crippen molar-refractivity contribution in [3.63, 3.8) is 0 Å². The Morgan fingerprint density at radius 3 is 2.30 bits per heavy atom. The zero-order valence-electron chi connectivity index (χ0n) is 42.7. The third-order valence-electron chi connectivity index (χ3n) is 14.1. The van der Waals surface area contributed by atoms with Gasteiger partial charge in [0.1, 0.15) is 40.4 Å². The number of nitrogens with zero attached hydrogens (tertiary/aromatic N) is 3. The van der Waals surface area contributed by atoms with Crippen LogP contribution in [0, 0.1) is 36.5 Å². The van der Waals surface area contributed by atoms with Crippen LogP contribution in [-0.4, -0.2) is 131 Å². The summed E-state index contributed by atoms with van der Waals surface area (Å²) < 4.78 is 29.2. The lowest BCUT2D eigenvalue weighted by molar-refractivity contribution is -0.164. The molecule has 1 saturated heterocycles. The number of carbonyl (C=O) groups is 5. The van der Waals surface area contributed by atoms with Crippen molar-refractivity contribution >= 4 is 46.0 Å². The molecule has 1 fully saturated rings. The fourth-order valence-corrected chi connectivity index (χ4v) is 9.97. The van der Waals surface area contributed by atoms with Gasteiger partial charge in [-0.3, -0.25) is 29.0 Å². The molecule has 5 aliphatic heterocycles. The number of ether oxygens (including phenoxy) is 5. The zero-order chi connectivity index (χ0) is 52.3. The highest BCUT2D eigenvalue weighted by Gasteiger charge is 2.51. The monoisotopic (exact) mass is 989 g/mol. The summed E-state index contributed by atoms with van der Waals surface area (Å²) in [6, 6.07) is 0. The summed E-state index contributed by atoms with van der Waals surface area (Å²) in [5, 5.41) is 53.5. The van der Waals surface area contributed by atoms with Crippen LogP contribution in [0.4, 0.5) is 5.69 Å². The SMILES string of the molecule is CCOC(=O)CCNC(=O)CC(=O)O[C@H]1[C@H](C)[C@H](O)[C@H](C)[C@@H](O)[C@@H](C)/C=C/C=C(/C)C(=O)N=c2c(O)c3c(O)c(C)c4c(c3c3c2=NC2(CCN(CC(C)C)CC2)N3)C(=O)[C@@](C)(O/C=C/[C@H](OC)[C@H]1C)O4. The molecular formula is C52H71N5O14. The molecule has 7 rings (SSSR count). The number of likely N-dealkylation sites (tertiary alicyclic amines) is 1. The first-order chi connectivity index (χ1) is 33.5. The van der Waals surface area contributed by atoms with E-state index in [9.17, 15) is 44.4 Å². The van der Waals surface area contributed by atoms with Crippen LogP contribution in [0.25, 0.3) is 10.8 Å². The Bertz CT molecular complexity index is 2620. The summed E-state index contributed by atoms with van der Waals surface area (Å²) in [5.41, 5.74) is -0.327. The third-order valence-corrected chi connectivity index (χ3v) is 14.1. The van der Waals surface area contributed by atoms with Gasteiger partial charge in [-0.25, -0.2) is 4.99 Å². The summed E-state index contributed by atoms with van der Waals surface area (Å²) in [5.74, 6) is -9.12. The van der Waals surface area contributed by atoms with Gasteiger partial charge in [0.15, 0.2) is 5.75 Å². The number of Topliss-reactive ketones (excluding diaryl/α,β-unsaturated/α-hetero) is 1. The minimum absolute atomic E-state index is 0.00472. The maximum atomic E-state index is 14.9. The largest absolute Gasteiger partial charge is 0.507 e. The first-order valence-electron chi connectivity index (χ1n) is 24.5.